The first kappa shape index (κ1) is 15.5. The highest BCUT2D eigenvalue weighted by atomic mass is 35.5. The van der Waals surface area contributed by atoms with Crippen LogP contribution >= 0.6 is 23.8 Å². The van der Waals surface area contributed by atoms with Crippen molar-refractivity contribution < 1.29 is 4.79 Å². The maximum atomic E-state index is 12.3. The van der Waals surface area contributed by atoms with Crippen LogP contribution in [0, 0.1) is 0 Å². The molecule has 0 saturated carbocycles. The maximum Gasteiger partial charge on any atom is 0.255 e. The Balaban J connectivity index is 2.26. The Morgan fingerprint density at radius 2 is 1.90 bits per heavy atom. The fraction of sp³-hybridized carbons (Fsp3) is 0.125. The summed E-state index contributed by atoms with van der Waals surface area (Å²) in [5.41, 5.74) is 8.51. The SMILES string of the molecule is CCc1ccc(C(=O)Nc2cc(Cl)ccc2C(N)=S)cc1. The highest BCUT2D eigenvalue weighted by molar-refractivity contribution is 7.80. The number of carbonyl (C=O) groups excluding carboxylic acids is 1. The lowest BCUT2D eigenvalue weighted by Crippen LogP contribution is -2.17. The summed E-state index contributed by atoms with van der Waals surface area (Å²) in [6.07, 6.45) is 0.932. The van der Waals surface area contributed by atoms with Crippen LogP contribution in [0.3, 0.4) is 0 Å². The van der Waals surface area contributed by atoms with Crippen molar-refractivity contribution in [3.05, 3.63) is 64.2 Å². The van der Waals surface area contributed by atoms with Gasteiger partial charge in [0.15, 0.2) is 0 Å². The molecule has 0 bridgehead atoms. The number of rotatable bonds is 4. The smallest absolute Gasteiger partial charge is 0.255 e. The summed E-state index contributed by atoms with van der Waals surface area (Å²) >= 11 is 10.9. The number of amides is 1. The van der Waals surface area contributed by atoms with E-state index in [9.17, 15) is 4.79 Å². The highest BCUT2D eigenvalue weighted by Gasteiger charge is 2.11. The number of hydrogen-bond acceptors (Lipinski definition) is 2. The minimum absolute atomic E-state index is 0.211. The van der Waals surface area contributed by atoms with Crippen LogP contribution in [-0.2, 0) is 6.42 Å². The molecule has 0 radical (unpaired) electrons. The fourth-order valence-corrected chi connectivity index (χ4v) is 2.27. The van der Waals surface area contributed by atoms with Gasteiger partial charge >= 0.3 is 0 Å². The molecule has 2 aromatic rings. The first-order valence-electron chi connectivity index (χ1n) is 6.51. The van der Waals surface area contributed by atoms with Gasteiger partial charge in [0.05, 0.1) is 5.69 Å². The van der Waals surface area contributed by atoms with Gasteiger partial charge in [0.25, 0.3) is 5.91 Å². The van der Waals surface area contributed by atoms with Gasteiger partial charge in [0, 0.05) is 16.1 Å². The Labute approximate surface area is 134 Å². The Bertz CT molecular complexity index is 683. The largest absolute Gasteiger partial charge is 0.389 e. The molecule has 0 heterocycles. The molecule has 0 aliphatic heterocycles. The number of carbonyl (C=O) groups is 1. The van der Waals surface area contributed by atoms with Crippen LogP contribution in [0.4, 0.5) is 5.69 Å². The molecule has 2 aromatic carbocycles. The summed E-state index contributed by atoms with van der Waals surface area (Å²) in [5.74, 6) is -0.225. The first-order chi connectivity index (χ1) is 10.0. The van der Waals surface area contributed by atoms with Gasteiger partial charge in [0.2, 0.25) is 0 Å². The summed E-state index contributed by atoms with van der Waals surface area (Å²) < 4.78 is 0. The van der Waals surface area contributed by atoms with Gasteiger partial charge in [-0.2, -0.15) is 0 Å². The van der Waals surface area contributed by atoms with E-state index in [4.69, 9.17) is 29.6 Å². The molecule has 0 aromatic heterocycles. The molecule has 0 unspecified atom stereocenters. The van der Waals surface area contributed by atoms with Gasteiger partial charge in [-0.15, -0.1) is 0 Å². The van der Waals surface area contributed by atoms with Crippen LogP contribution in [0.15, 0.2) is 42.5 Å². The zero-order chi connectivity index (χ0) is 15.4. The zero-order valence-corrected chi connectivity index (χ0v) is 13.1. The number of nitrogens with two attached hydrogens (primary N) is 1. The molecule has 3 nitrogen and oxygen atoms in total. The van der Waals surface area contributed by atoms with Crippen LogP contribution in [0.1, 0.15) is 28.4 Å². The molecule has 108 valence electrons. The summed E-state index contributed by atoms with van der Waals surface area (Å²) in [6.45, 7) is 2.06. The molecule has 0 atom stereocenters. The van der Waals surface area contributed by atoms with Crippen molar-refractivity contribution in [2.75, 3.05) is 5.32 Å². The van der Waals surface area contributed by atoms with E-state index in [1.807, 2.05) is 12.1 Å². The van der Waals surface area contributed by atoms with E-state index in [0.717, 1.165) is 6.42 Å². The third kappa shape index (κ3) is 3.80. The number of benzene rings is 2. The van der Waals surface area contributed by atoms with Gasteiger partial charge in [0.1, 0.15) is 4.99 Å². The van der Waals surface area contributed by atoms with Gasteiger partial charge < -0.3 is 11.1 Å². The topological polar surface area (TPSA) is 55.1 Å². The van der Waals surface area contributed by atoms with Gasteiger partial charge in [-0.3, -0.25) is 4.79 Å². The highest BCUT2D eigenvalue weighted by Crippen LogP contribution is 2.22. The van der Waals surface area contributed by atoms with Crippen molar-refractivity contribution in [2.24, 2.45) is 5.73 Å². The number of anilines is 1. The molecule has 0 aliphatic carbocycles. The summed E-state index contributed by atoms with van der Waals surface area (Å²) in [7, 11) is 0. The molecule has 0 saturated heterocycles. The van der Waals surface area contributed by atoms with E-state index in [-0.39, 0.29) is 10.9 Å². The number of thiocarbonyl (C=S) groups is 1. The van der Waals surface area contributed by atoms with Crippen LogP contribution < -0.4 is 11.1 Å². The van der Waals surface area contributed by atoms with Crippen LogP contribution in [0.2, 0.25) is 5.02 Å². The van der Waals surface area contributed by atoms with Gasteiger partial charge in [-0.05, 0) is 42.3 Å². The Morgan fingerprint density at radius 3 is 2.48 bits per heavy atom. The average Bonchev–Trinajstić information content (AvgIpc) is 2.47. The molecule has 0 fully saturated rings. The summed E-state index contributed by atoms with van der Waals surface area (Å²) in [4.78, 5) is 12.5. The molecule has 0 spiro atoms. The van der Waals surface area contributed by atoms with E-state index in [1.54, 1.807) is 30.3 Å². The minimum atomic E-state index is -0.225. The second kappa shape index (κ2) is 6.70. The van der Waals surface area contributed by atoms with Crippen LogP contribution in [0.5, 0.6) is 0 Å². The minimum Gasteiger partial charge on any atom is -0.389 e. The van der Waals surface area contributed by atoms with Crippen molar-refractivity contribution >= 4 is 40.4 Å². The molecule has 5 heteroatoms. The molecule has 21 heavy (non-hydrogen) atoms. The number of halogens is 1. The van der Waals surface area contributed by atoms with Crippen LogP contribution in [0.25, 0.3) is 0 Å². The number of hydrogen-bond donors (Lipinski definition) is 2. The third-order valence-electron chi connectivity index (χ3n) is 3.12. The Morgan fingerprint density at radius 1 is 1.24 bits per heavy atom. The second-order valence-electron chi connectivity index (χ2n) is 4.56. The van der Waals surface area contributed by atoms with E-state index in [2.05, 4.69) is 12.2 Å². The van der Waals surface area contributed by atoms with E-state index < -0.39 is 0 Å². The zero-order valence-electron chi connectivity index (χ0n) is 11.5. The van der Waals surface area contributed by atoms with Gasteiger partial charge in [-0.1, -0.05) is 42.9 Å². The fourth-order valence-electron chi connectivity index (χ4n) is 1.92. The quantitative estimate of drug-likeness (QED) is 0.843. The molecular formula is C16H15ClN2OS. The Kier molecular flexibility index (Phi) is 4.94. The van der Waals surface area contributed by atoms with Crippen molar-refractivity contribution in [2.45, 2.75) is 13.3 Å². The molecule has 3 N–H and O–H groups in total. The first-order valence-corrected chi connectivity index (χ1v) is 7.29. The predicted octanol–water partition coefficient (Wildman–Crippen LogP) is 3.79. The van der Waals surface area contributed by atoms with Crippen LogP contribution in [-0.4, -0.2) is 10.9 Å². The van der Waals surface area contributed by atoms with Gasteiger partial charge in [-0.25, -0.2) is 0 Å². The van der Waals surface area contributed by atoms with Crippen molar-refractivity contribution in [1.82, 2.24) is 0 Å². The predicted molar refractivity (Wildman–Crippen MR) is 91.1 cm³/mol. The maximum absolute atomic E-state index is 12.3. The third-order valence-corrected chi connectivity index (χ3v) is 3.57. The van der Waals surface area contributed by atoms with E-state index in [0.29, 0.717) is 21.8 Å². The lowest BCUT2D eigenvalue weighted by atomic mass is 10.1. The number of nitrogens with one attached hydrogen (secondary N) is 1. The van der Waals surface area contributed by atoms with Crippen molar-refractivity contribution in [3.8, 4) is 0 Å². The van der Waals surface area contributed by atoms with E-state index >= 15 is 0 Å². The normalized spacial score (nSPS) is 10.2. The monoisotopic (exact) mass is 318 g/mol. The lowest BCUT2D eigenvalue weighted by Gasteiger charge is -2.11. The molecule has 0 aliphatic rings. The van der Waals surface area contributed by atoms with E-state index in [1.165, 1.54) is 5.56 Å². The molecule has 2 rings (SSSR count). The standard InChI is InChI=1S/C16H15ClN2OS/c1-2-10-3-5-11(6-4-10)16(20)19-14-9-12(17)7-8-13(14)15(18)21/h3-9H,2H2,1H3,(H2,18,21)(H,19,20). The molecule has 1 amide bonds. The lowest BCUT2D eigenvalue weighted by molar-refractivity contribution is 0.102. The summed E-state index contributed by atoms with van der Waals surface area (Å²) in [5, 5.41) is 3.30. The Hall–Kier alpha value is -1.91. The summed E-state index contributed by atoms with van der Waals surface area (Å²) in [6, 6.07) is 12.5. The number of aryl methyl sites for hydroxylation is 1. The average molecular weight is 319 g/mol. The van der Waals surface area contributed by atoms with Crippen molar-refractivity contribution in [1.29, 1.82) is 0 Å². The van der Waals surface area contributed by atoms with Crippen molar-refractivity contribution in [3.63, 3.8) is 0 Å². The molecular weight excluding hydrogens is 304 g/mol. The second-order valence-corrected chi connectivity index (χ2v) is 5.44.